The first-order valence-electron chi connectivity index (χ1n) is 7.33. The van der Waals surface area contributed by atoms with E-state index in [1.807, 2.05) is 55.6 Å². The van der Waals surface area contributed by atoms with Gasteiger partial charge in [0.05, 0.1) is 17.5 Å². The summed E-state index contributed by atoms with van der Waals surface area (Å²) in [6, 6.07) is 11.6. The van der Waals surface area contributed by atoms with E-state index < -0.39 is 0 Å². The van der Waals surface area contributed by atoms with E-state index in [-0.39, 0.29) is 22.8 Å². The van der Waals surface area contributed by atoms with Gasteiger partial charge in [-0.15, -0.1) is 23.1 Å². The Bertz CT molecular complexity index is 639. The Morgan fingerprint density at radius 2 is 1.96 bits per heavy atom. The van der Waals surface area contributed by atoms with Crippen LogP contribution in [0.25, 0.3) is 0 Å². The number of amides is 2. The van der Waals surface area contributed by atoms with Crippen molar-refractivity contribution in [3.63, 3.8) is 0 Å². The van der Waals surface area contributed by atoms with E-state index in [2.05, 4.69) is 10.6 Å². The minimum Gasteiger partial charge on any atom is -0.350 e. The zero-order chi connectivity index (χ0) is 16.7. The van der Waals surface area contributed by atoms with Crippen molar-refractivity contribution in [1.82, 2.24) is 5.32 Å². The number of benzene rings is 1. The summed E-state index contributed by atoms with van der Waals surface area (Å²) < 4.78 is 0. The van der Waals surface area contributed by atoms with Crippen LogP contribution in [0.15, 0.2) is 41.8 Å². The zero-order valence-electron chi connectivity index (χ0n) is 13.2. The van der Waals surface area contributed by atoms with Crippen molar-refractivity contribution in [2.24, 2.45) is 0 Å². The number of thiophene rings is 1. The Labute approximate surface area is 144 Å². The zero-order valence-corrected chi connectivity index (χ0v) is 14.8. The number of rotatable bonds is 7. The van der Waals surface area contributed by atoms with Gasteiger partial charge in [0.1, 0.15) is 0 Å². The Balaban J connectivity index is 1.70. The van der Waals surface area contributed by atoms with Crippen molar-refractivity contribution in [2.45, 2.75) is 25.6 Å². The molecule has 2 aromatic rings. The van der Waals surface area contributed by atoms with E-state index in [1.54, 1.807) is 11.3 Å². The first kappa shape index (κ1) is 17.6. The molecule has 0 aliphatic rings. The molecule has 23 heavy (non-hydrogen) atoms. The van der Waals surface area contributed by atoms with E-state index in [0.29, 0.717) is 6.54 Å². The predicted octanol–water partition coefficient (Wildman–Crippen LogP) is 3.43. The number of nitrogens with one attached hydrogen (secondary N) is 2. The Kier molecular flexibility index (Phi) is 6.67. The molecule has 0 aliphatic heterocycles. The Morgan fingerprint density at radius 3 is 2.61 bits per heavy atom. The number of aryl methyl sites for hydroxylation is 1. The maximum Gasteiger partial charge on any atom is 0.234 e. The third-order valence-corrected chi connectivity index (χ3v) is 5.21. The van der Waals surface area contributed by atoms with Crippen molar-refractivity contribution < 1.29 is 9.59 Å². The highest BCUT2D eigenvalue weighted by Crippen LogP contribution is 2.14. The largest absolute Gasteiger partial charge is 0.350 e. The van der Waals surface area contributed by atoms with Gasteiger partial charge in [0.2, 0.25) is 11.8 Å². The summed E-state index contributed by atoms with van der Waals surface area (Å²) >= 11 is 2.94. The molecule has 0 radical (unpaired) electrons. The van der Waals surface area contributed by atoms with Gasteiger partial charge >= 0.3 is 0 Å². The maximum atomic E-state index is 12.0. The Hall–Kier alpha value is -1.79. The summed E-state index contributed by atoms with van der Waals surface area (Å²) in [6.07, 6.45) is 0. The van der Waals surface area contributed by atoms with Crippen LogP contribution in [0.2, 0.25) is 0 Å². The van der Waals surface area contributed by atoms with Crippen LogP contribution in [-0.4, -0.2) is 22.8 Å². The fourth-order valence-electron chi connectivity index (χ4n) is 1.84. The lowest BCUT2D eigenvalue weighted by atomic mass is 10.2. The molecule has 6 heteroatoms. The van der Waals surface area contributed by atoms with Crippen LogP contribution >= 0.6 is 23.1 Å². The van der Waals surface area contributed by atoms with Gasteiger partial charge in [-0.05, 0) is 37.4 Å². The van der Waals surface area contributed by atoms with Gasteiger partial charge in [-0.3, -0.25) is 9.59 Å². The minimum atomic E-state index is -0.265. The van der Waals surface area contributed by atoms with Gasteiger partial charge in [0.15, 0.2) is 0 Å². The number of thioether (sulfide) groups is 1. The molecule has 0 saturated heterocycles. The molecule has 0 bridgehead atoms. The maximum absolute atomic E-state index is 12.0. The van der Waals surface area contributed by atoms with Crippen LogP contribution in [0, 0.1) is 6.92 Å². The number of hydrogen-bond acceptors (Lipinski definition) is 4. The Morgan fingerprint density at radius 1 is 1.22 bits per heavy atom. The van der Waals surface area contributed by atoms with Crippen molar-refractivity contribution in [3.8, 4) is 0 Å². The number of carbonyl (C=O) groups excluding carboxylic acids is 2. The van der Waals surface area contributed by atoms with Crippen LogP contribution in [0.1, 0.15) is 17.4 Å². The number of anilines is 1. The second kappa shape index (κ2) is 8.74. The van der Waals surface area contributed by atoms with Crippen LogP contribution < -0.4 is 10.6 Å². The van der Waals surface area contributed by atoms with Crippen LogP contribution in [0.4, 0.5) is 5.69 Å². The minimum absolute atomic E-state index is 0.0495. The third-order valence-electron chi connectivity index (χ3n) is 3.19. The summed E-state index contributed by atoms with van der Waals surface area (Å²) in [6.45, 7) is 4.35. The van der Waals surface area contributed by atoms with Gasteiger partial charge in [-0.25, -0.2) is 0 Å². The van der Waals surface area contributed by atoms with Crippen molar-refractivity contribution in [1.29, 1.82) is 0 Å². The molecule has 122 valence electrons. The SMILES string of the molecule is Cc1ccc(NC(=O)CSC(C)C(=O)NCc2cccs2)cc1. The average Bonchev–Trinajstić information content (AvgIpc) is 3.06. The van der Waals surface area contributed by atoms with Crippen LogP contribution in [-0.2, 0) is 16.1 Å². The number of carbonyl (C=O) groups is 2. The van der Waals surface area contributed by atoms with Gasteiger partial charge in [-0.2, -0.15) is 0 Å². The summed E-state index contributed by atoms with van der Waals surface area (Å²) in [5, 5.41) is 7.43. The van der Waals surface area contributed by atoms with Crippen LogP contribution in [0.3, 0.4) is 0 Å². The molecule has 1 atom stereocenters. The molecular weight excluding hydrogens is 328 g/mol. The quantitative estimate of drug-likeness (QED) is 0.806. The second-order valence-corrected chi connectivity index (χ2v) is 7.53. The molecule has 2 N–H and O–H groups in total. The topological polar surface area (TPSA) is 58.2 Å². The highest BCUT2D eigenvalue weighted by Gasteiger charge is 2.15. The summed E-state index contributed by atoms with van der Waals surface area (Å²) in [7, 11) is 0. The van der Waals surface area contributed by atoms with Crippen LogP contribution in [0.5, 0.6) is 0 Å². The van der Waals surface area contributed by atoms with Gasteiger partial charge in [0.25, 0.3) is 0 Å². The highest BCUT2D eigenvalue weighted by molar-refractivity contribution is 8.01. The average molecular weight is 348 g/mol. The lowest BCUT2D eigenvalue weighted by Gasteiger charge is -2.11. The fourth-order valence-corrected chi connectivity index (χ4v) is 3.19. The van der Waals surface area contributed by atoms with E-state index in [4.69, 9.17) is 0 Å². The molecule has 1 aromatic heterocycles. The number of hydrogen-bond donors (Lipinski definition) is 2. The molecule has 2 rings (SSSR count). The fraction of sp³-hybridized carbons (Fsp3) is 0.294. The standard InChI is InChI=1S/C17H20N2O2S2/c1-12-5-7-14(8-6-12)19-16(20)11-23-13(2)17(21)18-10-15-4-3-9-22-15/h3-9,13H,10-11H2,1-2H3,(H,18,21)(H,19,20). The third kappa shape index (κ3) is 6.08. The van der Waals surface area contributed by atoms with Gasteiger partial charge in [0, 0.05) is 10.6 Å². The molecule has 1 heterocycles. The van der Waals surface area contributed by atoms with Crippen molar-refractivity contribution in [3.05, 3.63) is 52.2 Å². The molecule has 0 saturated carbocycles. The lowest BCUT2D eigenvalue weighted by molar-refractivity contribution is -0.120. The molecule has 0 fully saturated rings. The smallest absolute Gasteiger partial charge is 0.234 e. The molecule has 1 aromatic carbocycles. The molecular formula is C17H20N2O2S2. The monoisotopic (exact) mass is 348 g/mol. The molecule has 0 spiro atoms. The van der Waals surface area contributed by atoms with E-state index >= 15 is 0 Å². The molecule has 1 unspecified atom stereocenters. The van der Waals surface area contributed by atoms with Gasteiger partial charge in [-0.1, -0.05) is 23.8 Å². The highest BCUT2D eigenvalue weighted by atomic mass is 32.2. The second-order valence-electron chi connectivity index (χ2n) is 5.16. The van der Waals surface area contributed by atoms with E-state index in [1.165, 1.54) is 11.8 Å². The molecule has 2 amide bonds. The summed E-state index contributed by atoms with van der Waals surface area (Å²) in [5.41, 5.74) is 1.92. The van der Waals surface area contributed by atoms with Crippen molar-refractivity contribution in [2.75, 3.05) is 11.1 Å². The predicted molar refractivity (Wildman–Crippen MR) is 97.9 cm³/mol. The summed E-state index contributed by atoms with van der Waals surface area (Å²) in [5.74, 6) is 0.102. The van der Waals surface area contributed by atoms with E-state index in [0.717, 1.165) is 16.1 Å². The summed E-state index contributed by atoms with van der Waals surface area (Å²) in [4.78, 5) is 25.0. The van der Waals surface area contributed by atoms with Crippen molar-refractivity contribution >= 4 is 40.6 Å². The lowest BCUT2D eigenvalue weighted by Crippen LogP contribution is -2.31. The first-order valence-corrected chi connectivity index (χ1v) is 9.25. The van der Waals surface area contributed by atoms with E-state index in [9.17, 15) is 9.59 Å². The molecule has 0 aliphatic carbocycles. The first-order chi connectivity index (χ1) is 11.0. The van der Waals surface area contributed by atoms with Gasteiger partial charge < -0.3 is 10.6 Å². The molecule has 4 nitrogen and oxygen atoms in total. The normalized spacial score (nSPS) is 11.7.